The van der Waals surface area contributed by atoms with Crippen molar-refractivity contribution in [3.8, 4) is 0 Å². The van der Waals surface area contributed by atoms with Gasteiger partial charge < -0.3 is 15.5 Å². The number of carbonyl (C=O) groups excluding carboxylic acids is 2. The molecular formula is C23H23ClN4O2. The third-order valence-corrected chi connectivity index (χ3v) is 5.41. The lowest BCUT2D eigenvalue weighted by Crippen LogP contribution is -2.35. The van der Waals surface area contributed by atoms with E-state index >= 15 is 0 Å². The molecule has 2 N–H and O–H groups in total. The quantitative estimate of drug-likeness (QED) is 0.543. The lowest BCUT2D eigenvalue weighted by atomic mass is 10.1. The predicted molar refractivity (Wildman–Crippen MR) is 120 cm³/mol. The highest BCUT2D eigenvalue weighted by Crippen LogP contribution is 2.23. The van der Waals surface area contributed by atoms with Crippen LogP contribution in [0.3, 0.4) is 0 Å². The first-order chi connectivity index (χ1) is 14.6. The molecule has 1 aromatic heterocycles. The van der Waals surface area contributed by atoms with Gasteiger partial charge in [0.2, 0.25) is 0 Å². The van der Waals surface area contributed by atoms with Gasteiger partial charge in [0.05, 0.1) is 11.1 Å². The van der Waals surface area contributed by atoms with Crippen LogP contribution in [0, 0.1) is 0 Å². The molecule has 2 heterocycles. The fourth-order valence-electron chi connectivity index (χ4n) is 3.64. The molecule has 154 valence electrons. The average Bonchev–Trinajstić information content (AvgIpc) is 3.04. The molecule has 2 aromatic carbocycles. The van der Waals surface area contributed by atoms with Gasteiger partial charge in [-0.25, -0.2) is 9.78 Å². The van der Waals surface area contributed by atoms with Crippen LogP contribution in [0.4, 0.5) is 16.2 Å². The second-order valence-electron chi connectivity index (χ2n) is 7.37. The van der Waals surface area contributed by atoms with Crippen LogP contribution in [0.5, 0.6) is 0 Å². The molecule has 0 unspecified atom stereocenters. The molecule has 30 heavy (non-hydrogen) atoms. The minimum Gasteiger partial charge on any atom is -0.325 e. The number of amides is 3. The first-order valence-electron chi connectivity index (χ1n) is 10.1. The molecule has 7 heteroatoms. The van der Waals surface area contributed by atoms with Crippen molar-refractivity contribution in [2.75, 3.05) is 23.7 Å². The number of hydrogen-bond acceptors (Lipinski definition) is 3. The number of halogens is 1. The topological polar surface area (TPSA) is 74.3 Å². The van der Waals surface area contributed by atoms with Crippen molar-refractivity contribution < 1.29 is 9.59 Å². The summed E-state index contributed by atoms with van der Waals surface area (Å²) in [7, 11) is 0. The maximum Gasteiger partial charge on any atom is 0.321 e. The number of rotatable bonds is 3. The Morgan fingerprint density at radius 2 is 1.50 bits per heavy atom. The number of carbonyl (C=O) groups is 2. The van der Waals surface area contributed by atoms with E-state index in [2.05, 4.69) is 15.6 Å². The molecule has 0 bridgehead atoms. The number of anilines is 2. The first kappa shape index (κ1) is 20.2. The van der Waals surface area contributed by atoms with Crippen molar-refractivity contribution in [1.29, 1.82) is 0 Å². The first-order valence-corrected chi connectivity index (χ1v) is 10.5. The highest BCUT2D eigenvalue weighted by atomic mass is 35.5. The summed E-state index contributed by atoms with van der Waals surface area (Å²) >= 11 is 6.08. The van der Waals surface area contributed by atoms with Gasteiger partial charge in [0.25, 0.3) is 5.91 Å². The number of para-hydroxylation sites is 1. The van der Waals surface area contributed by atoms with Crippen LogP contribution >= 0.6 is 11.6 Å². The Morgan fingerprint density at radius 3 is 2.20 bits per heavy atom. The Bertz CT molecular complexity index is 1060. The maximum atomic E-state index is 12.8. The smallest absolute Gasteiger partial charge is 0.321 e. The minimum absolute atomic E-state index is 0.0772. The van der Waals surface area contributed by atoms with Crippen LogP contribution in [0.15, 0.2) is 54.6 Å². The Hall–Kier alpha value is -3.12. The summed E-state index contributed by atoms with van der Waals surface area (Å²) in [5, 5.41) is 6.82. The Labute approximate surface area is 180 Å². The van der Waals surface area contributed by atoms with E-state index in [9.17, 15) is 9.59 Å². The van der Waals surface area contributed by atoms with Crippen LogP contribution in [-0.2, 0) is 0 Å². The van der Waals surface area contributed by atoms with E-state index in [1.165, 1.54) is 12.8 Å². The fourth-order valence-corrected chi connectivity index (χ4v) is 3.84. The third-order valence-electron chi connectivity index (χ3n) is 5.22. The molecule has 0 spiro atoms. The number of nitrogens with one attached hydrogen (secondary N) is 2. The Morgan fingerprint density at radius 1 is 0.867 bits per heavy atom. The van der Waals surface area contributed by atoms with Gasteiger partial charge in [-0.05, 0) is 49.2 Å². The zero-order valence-corrected chi connectivity index (χ0v) is 17.3. The molecular weight excluding hydrogens is 400 g/mol. The average molecular weight is 423 g/mol. The standard InChI is InChI=1S/C23H23ClN4O2/c24-21-15-19(18-7-3-4-8-20(18)27-21)22(29)25-16-9-11-17(12-10-16)26-23(30)28-13-5-1-2-6-14-28/h3-4,7-12,15H,1-2,5-6,13-14H2,(H,25,29)(H,26,30). The SMILES string of the molecule is O=C(Nc1ccc(NC(=O)N2CCCCCC2)cc1)c1cc(Cl)nc2ccccc12. The van der Waals surface area contributed by atoms with E-state index in [4.69, 9.17) is 11.6 Å². The summed E-state index contributed by atoms with van der Waals surface area (Å²) in [5.74, 6) is -0.267. The van der Waals surface area contributed by atoms with Gasteiger partial charge in [0.15, 0.2) is 0 Å². The van der Waals surface area contributed by atoms with E-state index < -0.39 is 0 Å². The highest BCUT2D eigenvalue weighted by Gasteiger charge is 2.16. The van der Waals surface area contributed by atoms with Gasteiger partial charge in [-0.3, -0.25) is 4.79 Å². The number of fused-ring (bicyclic) bond motifs is 1. The summed E-state index contributed by atoms with van der Waals surface area (Å²) in [4.78, 5) is 31.4. The summed E-state index contributed by atoms with van der Waals surface area (Å²) in [6.45, 7) is 1.59. The van der Waals surface area contributed by atoms with Crippen molar-refractivity contribution >= 4 is 45.8 Å². The molecule has 1 aliphatic heterocycles. The number of benzene rings is 2. The lowest BCUT2D eigenvalue weighted by molar-refractivity contribution is 0.102. The van der Waals surface area contributed by atoms with Gasteiger partial charge in [0.1, 0.15) is 5.15 Å². The van der Waals surface area contributed by atoms with Gasteiger partial charge in [0, 0.05) is 29.9 Å². The normalized spacial score (nSPS) is 14.2. The monoisotopic (exact) mass is 422 g/mol. The van der Waals surface area contributed by atoms with Crippen LogP contribution in [0.2, 0.25) is 5.15 Å². The summed E-state index contributed by atoms with van der Waals surface area (Å²) in [6, 6.07) is 16.0. The van der Waals surface area contributed by atoms with E-state index in [0.717, 1.165) is 31.3 Å². The number of urea groups is 1. The molecule has 4 rings (SSSR count). The Kier molecular flexibility index (Phi) is 6.14. The Balaban J connectivity index is 1.44. The molecule has 1 aliphatic rings. The van der Waals surface area contributed by atoms with Crippen LogP contribution < -0.4 is 10.6 Å². The largest absolute Gasteiger partial charge is 0.325 e. The van der Waals surface area contributed by atoms with E-state index in [-0.39, 0.29) is 17.1 Å². The van der Waals surface area contributed by atoms with Crippen molar-refractivity contribution in [2.24, 2.45) is 0 Å². The van der Waals surface area contributed by atoms with Crippen molar-refractivity contribution in [3.63, 3.8) is 0 Å². The van der Waals surface area contributed by atoms with Gasteiger partial charge >= 0.3 is 6.03 Å². The second-order valence-corrected chi connectivity index (χ2v) is 7.76. The van der Waals surface area contributed by atoms with Gasteiger partial charge in [-0.15, -0.1) is 0 Å². The summed E-state index contributed by atoms with van der Waals surface area (Å²) < 4.78 is 0. The number of nitrogens with zero attached hydrogens (tertiary/aromatic N) is 2. The minimum atomic E-state index is -0.267. The fraction of sp³-hybridized carbons (Fsp3) is 0.261. The van der Waals surface area contributed by atoms with E-state index in [1.807, 2.05) is 29.2 Å². The molecule has 1 saturated heterocycles. The van der Waals surface area contributed by atoms with E-state index in [1.54, 1.807) is 30.3 Å². The molecule has 0 aliphatic carbocycles. The molecule has 3 amide bonds. The zero-order valence-electron chi connectivity index (χ0n) is 16.5. The zero-order chi connectivity index (χ0) is 20.9. The maximum absolute atomic E-state index is 12.8. The van der Waals surface area contributed by atoms with Gasteiger partial charge in [-0.1, -0.05) is 42.6 Å². The molecule has 0 saturated carbocycles. The van der Waals surface area contributed by atoms with Crippen molar-refractivity contribution in [3.05, 3.63) is 65.3 Å². The predicted octanol–water partition coefficient (Wildman–Crippen LogP) is 5.55. The third kappa shape index (κ3) is 4.71. The van der Waals surface area contributed by atoms with Gasteiger partial charge in [-0.2, -0.15) is 0 Å². The van der Waals surface area contributed by atoms with Crippen LogP contribution in [-0.4, -0.2) is 34.9 Å². The summed E-state index contributed by atoms with van der Waals surface area (Å²) in [5.41, 5.74) is 2.45. The molecule has 0 radical (unpaired) electrons. The molecule has 6 nitrogen and oxygen atoms in total. The molecule has 1 fully saturated rings. The lowest BCUT2D eigenvalue weighted by Gasteiger charge is -2.20. The number of likely N-dealkylation sites (tertiary alicyclic amines) is 1. The second kappa shape index (κ2) is 9.13. The molecule has 3 aromatic rings. The highest BCUT2D eigenvalue weighted by molar-refractivity contribution is 6.30. The molecule has 0 atom stereocenters. The van der Waals surface area contributed by atoms with Crippen molar-refractivity contribution in [2.45, 2.75) is 25.7 Å². The number of hydrogen-bond donors (Lipinski definition) is 2. The van der Waals surface area contributed by atoms with Crippen LogP contribution in [0.1, 0.15) is 36.0 Å². The number of pyridine rings is 1. The van der Waals surface area contributed by atoms with Crippen molar-refractivity contribution in [1.82, 2.24) is 9.88 Å². The van der Waals surface area contributed by atoms with E-state index in [0.29, 0.717) is 22.5 Å². The number of aromatic nitrogens is 1. The van der Waals surface area contributed by atoms with Crippen LogP contribution in [0.25, 0.3) is 10.9 Å². The summed E-state index contributed by atoms with van der Waals surface area (Å²) in [6.07, 6.45) is 4.45.